The zero-order valence-corrected chi connectivity index (χ0v) is 19.0. The maximum Gasteiger partial charge on any atom is 0.240 e. The Bertz CT molecular complexity index is 1110. The zero-order valence-electron chi connectivity index (χ0n) is 17.4. The van der Waals surface area contributed by atoms with Crippen LogP contribution in [0.2, 0.25) is 0 Å². The molecule has 0 saturated heterocycles. The number of nitrogens with one attached hydrogen (secondary N) is 3. The largest absolute Gasteiger partial charge is 0.326 e. The normalized spacial score (nSPS) is 12.2. The Hall–Kier alpha value is -2.27. The van der Waals surface area contributed by atoms with E-state index in [-0.39, 0.29) is 28.8 Å². The summed E-state index contributed by atoms with van der Waals surface area (Å²) in [5.41, 5.74) is 2.28. The summed E-state index contributed by atoms with van der Waals surface area (Å²) in [4.78, 5) is 12.3. The van der Waals surface area contributed by atoms with Crippen molar-refractivity contribution >= 4 is 31.6 Å². The van der Waals surface area contributed by atoms with Crippen LogP contribution < -0.4 is 14.8 Å². The van der Waals surface area contributed by atoms with Crippen LogP contribution in [0, 0.1) is 13.8 Å². The second-order valence-corrected chi connectivity index (χ2v) is 10.7. The minimum Gasteiger partial charge on any atom is -0.326 e. The standard InChI is InChI=1S/C20H27N3O5S2/c1-14(2)23-30(27,28)18-9-6-17(7-10-18)22-20(24)11-12-21-29(25,26)19-8-5-15(3)16(4)13-19/h5-10,13-14,21,23H,11-12H2,1-4H3,(H,22,24). The minimum atomic E-state index is -3.70. The number of sulfonamides is 2. The monoisotopic (exact) mass is 453 g/mol. The van der Waals surface area contributed by atoms with E-state index in [4.69, 9.17) is 0 Å². The number of carbonyl (C=O) groups is 1. The van der Waals surface area contributed by atoms with Crippen molar-refractivity contribution < 1.29 is 21.6 Å². The second kappa shape index (κ2) is 9.69. The molecule has 0 unspecified atom stereocenters. The van der Waals surface area contributed by atoms with Gasteiger partial charge in [-0.25, -0.2) is 26.3 Å². The first-order valence-corrected chi connectivity index (χ1v) is 12.4. The molecule has 0 aliphatic carbocycles. The molecule has 30 heavy (non-hydrogen) atoms. The fourth-order valence-corrected chi connectivity index (χ4v) is 4.95. The van der Waals surface area contributed by atoms with Gasteiger partial charge in [-0.15, -0.1) is 0 Å². The summed E-state index contributed by atoms with van der Waals surface area (Å²) in [5, 5.41) is 2.61. The average Bonchev–Trinajstić information content (AvgIpc) is 2.63. The highest BCUT2D eigenvalue weighted by atomic mass is 32.2. The van der Waals surface area contributed by atoms with E-state index in [2.05, 4.69) is 14.8 Å². The van der Waals surface area contributed by atoms with Crippen LogP contribution in [0.3, 0.4) is 0 Å². The molecule has 0 bridgehead atoms. The van der Waals surface area contributed by atoms with Crippen molar-refractivity contribution in [2.45, 2.75) is 49.9 Å². The van der Waals surface area contributed by atoms with Gasteiger partial charge in [-0.05, 0) is 75.2 Å². The van der Waals surface area contributed by atoms with Crippen LogP contribution in [0.4, 0.5) is 5.69 Å². The Balaban J connectivity index is 1.91. The van der Waals surface area contributed by atoms with E-state index >= 15 is 0 Å². The highest BCUT2D eigenvalue weighted by Gasteiger charge is 2.16. The van der Waals surface area contributed by atoms with Gasteiger partial charge in [0.15, 0.2) is 0 Å². The van der Waals surface area contributed by atoms with Crippen LogP contribution in [0.1, 0.15) is 31.4 Å². The molecule has 0 spiro atoms. The van der Waals surface area contributed by atoms with E-state index in [9.17, 15) is 21.6 Å². The number of hydrogen-bond acceptors (Lipinski definition) is 5. The lowest BCUT2D eigenvalue weighted by Crippen LogP contribution is -2.30. The molecular weight excluding hydrogens is 426 g/mol. The van der Waals surface area contributed by atoms with Crippen LogP contribution in [0.25, 0.3) is 0 Å². The van der Waals surface area contributed by atoms with Crippen molar-refractivity contribution in [1.82, 2.24) is 9.44 Å². The van der Waals surface area contributed by atoms with Gasteiger partial charge in [0.2, 0.25) is 26.0 Å². The molecule has 0 aromatic heterocycles. The van der Waals surface area contributed by atoms with Gasteiger partial charge < -0.3 is 5.32 Å². The van der Waals surface area contributed by atoms with E-state index in [1.165, 1.54) is 30.3 Å². The molecule has 0 fully saturated rings. The third-order valence-electron chi connectivity index (χ3n) is 4.27. The molecule has 0 saturated carbocycles. The molecule has 1 amide bonds. The number of hydrogen-bond donors (Lipinski definition) is 3. The number of amides is 1. The van der Waals surface area contributed by atoms with Crippen molar-refractivity contribution in [3.8, 4) is 0 Å². The van der Waals surface area contributed by atoms with Crippen LogP contribution in [-0.4, -0.2) is 35.3 Å². The summed E-state index contributed by atoms with van der Waals surface area (Å²) in [6.07, 6.45) is -0.0704. The molecule has 164 valence electrons. The van der Waals surface area contributed by atoms with E-state index in [1.807, 2.05) is 13.8 Å². The van der Waals surface area contributed by atoms with Crippen molar-refractivity contribution in [3.05, 3.63) is 53.6 Å². The van der Waals surface area contributed by atoms with Crippen LogP contribution in [0.15, 0.2) is 52.3 Å². The number of anilines is 1. The van der Waals surface area contributed by atoms with Gasteiger partial charge in [0.25, 0.3) is 0 Å². The van der Waals surface area contributed by atoms with Gasteiger partial charge in [0.1, 0.15) is 0 Å². The van der Waals surface area contributed by atoms with E-state index in [0.717, 1.165) is 11.1 Å². The number of aryl methyl sites for hydroxylation is 2. The van der Waals surface area contributed by atoms with Crippen molar-refractivity contribution in [2.24, 2.45) is 0 Å². The van der Waals surface area contributed by atoms with E-state index < -0.39 is 26.0 Å². The average molecular weight is 454 g/mol. The van der Waals surface area contributed by atoms with Crippen molar-refractivity contribution in [3.63, 3.8) is 0 Å². The molecule has 10 heteroatoms. The molecule has 2 aromatic carbocycles. The first-order chi connectivity index (χ1) is 13.9. The van der Waals surface area contributed by atoms with Gasteiger partial charge in [0.05, 0.1) is 9.79 Å². The van der Waals surface area contributed by atoms with Gasteiger partial charge in [-0.3, -0.25) is 4.79 Å². The van der Waals surface area contributed by atoms with E-state index in [0.29, 0.717) is 5.69 Å². The molecular formula is C20H27N3O5S2. The van der Waals surface area contributed by atoms with Crippen molar-refractivity contribution in [1.29, 1.82) is 0 Å². The smallest absolute Gasteiger partial charge is 0.240 e. The zero-order chi connectivity index (χ0) is 22.5. The third kappa shape index (κ3) is 6.63. The topological polar surface area (TPSA) is 121 Å². The molecule has 8 nitrogen and oxygen atoms in total. The maximum absolute atomic E-state index is 12.3. The third-order valence-corrected chi connectivity index (χ3v) is 7.41. The van der Waals surface area contributed by atoms with Crippen LogP contribution >= 0.6 is 0 Å². The van der Waals surface area contributed by atoms with Crippen LogP contribution in [-0.2, 0) is 24.8 Å². The van der Waals surface area contributed by atoms with Gasteiger partial charge in [-0.2, -0.15) is 0 Å². The van der Waals surface area contributed by atoms with Crippen LogP contribution in [0.5, 0.6) is 0 Å². The summed E-state index contributed by atoms with van der Waals surface area (Å²) in [6.45, 7) is 7.11. The van der Waals surface area contributed by atoms with Gasteiger partial charge in [-0.1, -0.05) is 6.07 Å². The Morgan fingerprint density at radius 1 is 0.867 bits per heavy atom. The number of carbonyl (C=O) groups excluding carboxylic acids is 1. The number of benzene rings is 2. The number of rotatable bonds is 9. The summed E-state index contributed by atoms with van der Waals surface area (Å²) in [6, 6.07) is 10.3. The lowest BCUT2D eigenvalue weighted by Gasteiger charge is -2.11. The summed E-state index contributed by atoms with van der Waals surface area (Å²) < 4.78 is 53.8. The Morgan fingerprint density at radius 2 is 1.47 bits per heavy atom. The summed E-state index contributed by atoms with van der Waals surface area (Å²) in [5.74, 6) is -0.395. The Morgan fingerprint density at radius 3 is 2.03 bits per heavy atom. The summed E-state index contributed by atoms with van der Waals surface area (Å²) >= 11 is 0. The maximum atomic E-state index is 12.3. The molecule has 0 aliphatic heterocycles. The fourth-order valence-electron chi connectivity index (χ4n) is 2.58. The molecule has 2 aromatic rings. The predicted octanol–water partition coefficient (Wildman–Crippen LogP) is 2.30. The lowest BCUT2D eigenvalue weighted by molar-refractivity contribution is -0.116. The van der Waals surface area contributed by atoms with Gasteiger partial charge in [0, 0.05) is 24.7 Å². The minimum absolute atomic E-state index is 0.0636. The molecule has 0 radical (unpaired) electrons. The van der Waals surface area contributed by atoms with Gasteiger partial charge >= 0.3 is 0 Å². The molecule has 3 N–H and O–H groups in total. The predicted molar refractivity (Wildman–Crippen MR) is 116 cm³/mol. The quantitative estimate of drug-likeness (QED) is 0.538. The SMILES string of the molecule is Cc1ccc(S(=O)(=O)NCCC(=O)Nc2ccc(S(=O)(=O)NC(C)C)cc2)cc1C. The van der Waals surface area contributed by atoms with E-state index in [1.54, 1.807) is 26.0 Å². The molecule has 0 heterocycles. The highest BCUT2D eigenvalue weighted by molar-refractivity contribution is 7.89. The Labute approximate surface area is 178 Å². The molecule has 0 atom stereocenters. The molecule has 2 rings (SSSR count). The first-order valence-electron chi connectivity index (χ1n) is 9.40. The fraction of sp³-hybridized carbons (Fsp3) is 0.350. The lowest BCUT2D eigenvalue weighted by atomic mass is 10.1. The molecule has 0 aliphatic rings. The van der Waals surface area contributed by atoms with Crippen molar-refractivity contribution in [2.75, 3.05) is 11.9 Å². The first kappa shape index (κ1) is 24.0. The highest BCUT2D eigenvalue weighted by Crippen LogP contribution is 2.16. The second-order valence-electron chi connectivity index (χ2n) is 7.24. The summed E-state index contributed by atoms with van der Waals surface area (Å²) in [7, 11) is -7.31. The Kier molecular flexibility index (Phi) is 7.75.